The molecule has 3 heterocycles. The first kappa shape index (κ1) is 18.6. The third-order valence-corrected chi connectivity index (χ3v) is 6.09. The van der Waals surface area contributed by atoms with Crippen molar-refractivity contribution >= 4 is 47.1 Å². The van der Waals surface area contributed by atoms with E-state index >= 15 is 0 Å². The SMILES string of the molecule is O=C1c2ccccc2C(=O)N1CCCCSc1n[nH]c(/C=C/c2cccs2)n1. The molecule has 2 aromatic heterocycles. The highest BCUT2D eigenvalue weighted by Crippen LogP contribution is 2.23. The zero-order valence-electron chi connectivity index (χ0n) is 15.0. The Morgan fingerprint density at radius 1 is 1.04 bits per heavy atom. The summed E-state index contributed by atoms with van der Waals surface area (Å²) in [7, 11) is 0. The lowest BCUT2D eigenvalue weighted by Crippen LogP contribution is -2.30. The molecule has 0 fully saturated rings. The number of hydrogen-bond acceptors (Lipinski definition) is 6. The van der Waals surface area contributed by atoms with E-state index in [-0.39, 0.29) is 11.8 Å². The number of nitrogens with one attached hydrogen (secondary N) is 1. The number of aromatic nitrogens is 3. The summed E-state index contributed by atoms with van der Waals surface area (Å²) in [5.41, 5.74) is 1.01. The van der Waals surface area contributed by atoms with Crippen LogP contribution in [0.15, 0.2) is 46.9 Å². The quantitative estimate of drug-likeness (QED) is 0.342. The Morgan fingerprint density at radius 3 is 2.54 bits per heavy atom. The van der Waals surface area contributed by atoms with Crippen molar-refractivity contribution in [2.75, 3.05) is 12.3 Å². The minimum atomic E-state index is -0.190. The summed E-state index contributed by atoms with van der Waals surface area (Å²) in [6.45, 7) is 0.440. The first-order chi connectivity index (χ1) is 13.7. The van der Waals surface area contributed by atoms with Crippen molar-refractivity contribution in [1.29, 1.82) is 0 Å². The molecule has 3 aromatic rings. The van der Waals surface area contributed by atoms with Crippen LogP contribution in [0.3, 0.4) is 0 Å². The van der Waals surface area contributed by atoms with Crippen molar-refractivity contribution in [2.45, 2.75) is 18.0 Å². The summed E-state index contributed by atoms with van der Waals surface area (Å²) >= 11 is 3.23. The third-order valence-electron chi connectivity index (χ3n) is 4.32. The second kappa shape index (κ2) is 8.53. The van der Waals surface area contributed by atoms with Crippen LogP contribution in [0.2, 0.25) is 0 Å². The molecule has 0 saturated heterocycles. The van der Waals surface area contributed by atoms with Gasteiger partial charge in [0, 0.05) is 17.2 Å². The monoisotopic (exact) mass is 410 g/mol. The average Bonchev–Trinajstić information content (AvgIpc) is 3.44. The van der Waals surface area contributed by atoms with Gasteiger partial charge in [-0.15, -0.1) is 16.4 Å². The number of unbranched alkanes of at least 4 members (excludes halogenated alkanes) is 1. The van der Waals surface area contributed by atoms with Crippen LogP contribution in [0.5, 0.6) is 0 Å². The molecule has 0 radical (unpaired) electrons. The average molecular weight is 411 g/mol. The van der Waals surface area contributed by atoms with E-state index in [1.54, 1.807) is 47.4 Å². The predicted molar refractivity (Wildman–Crippen MR) is 111 cm³/mol. The van der Waals surface area contributed by atoms with E-state index in [1.165, 1.54) is 9.78 Å². The van der Waals surface area contributed by atoms with Gasteiger partial charge in [0.15, 0.2) is 0 Å². The lowest BCUT2D eigenvalue weighted by molar-refractivity contribution is 0.0652. The number of imide groups is 1. The van der Waals surface area contributed by atoms with Gasteiger partial charge in [0.1, 0.15) is 5.82 Å². The molecule has 1 aliphatic rings. The van der Waals surface area contributed by atoms with Gasteiger partial charge in [0.05, 0.1) is 11.1 Å². The smallest absolute Gasteiger partial charge is 0.261 e. The number of carbonyl (C=O) groups excluding carboxylic acids is 2. The first-order valence-electron chi connectivity index (χ1n) is 8.94. The summed E-state index contributed by atoms with van der Waals surface area (Å²) in [5, 5.41) is 9.85. The first-order valence-corrected chi connectivity index (χ1v) is 10.8. The number of hydrogen-bond donors (Lipinski definition) is 1. The Kier molecular flexibility index (Phi) is 5.68. The molecule has 6 nitrogen and oxygen atoms in total. The maximum absolute atomic E-state index is 12.3. The largest absolute Gasteiger partial charge is 0.274 e. The molecule has 142 valence electrons. The van der Waals surface area contributed by atoms with E-state index in [2.05, 4.69) is 15.2 Å². The molecule has 1 N–H and O–H groups in total. The second-order valence-electron chi connectivity index (χ2n) is 6.22. The van der Waals surface area contributed by atoms with Gasteiger partial charge in [-0.3, -0.25) is 19.6 Å². The number of nitrogens with zero attached hydrogens (tertiary/aromatic N) is 3. The van der Waals surface area contributed by atoms with Crippen molar-refractivity contribution in [3.63, 3.8) is 0 Å². The molecule has 1 aliphatic heterocycles. The number of fused-ring (bicyclic) bond motifs is 1. The number of thioether (sulfide) groups is 1. The van der Waals surface area contributed by atoms with Crippen molar-refractivity contribution in [1.82, 2.24) is 20.1 Å². The molecule has 4 rings (SSSR count). The minimum absolute atomic E-state index is 0.190. The van der Waals surface area contributed by atoms with Crippen LogP contribution in [0.25, 0.3) is 12.2 Å². The third kappa shape index (κ3) is 4.07. The standard InChI is InChI=1S/C20H18N4O2S2/c25-18-15-7-1-2-8-16(15)19(26)24(18)11-3-4-12-28-20-21-17(22-23-20)10-9-14-6-5-13-27-14/h1-2,5-10,13H,3-4,11-12H2,(H,21,22,23)/b10-9+. The predicted octanol–water partition coefficient (Wildman–Crippen LogP) is 4.21. The van der Waals surface area contributed by atoms with Crippen LogP contribution < -0.4 is 0 Å². The molecular weight excluding hydrogens is 392 g/mol. The Bertz CT molecular complexity index is 976. The highest BCUT2D eigenvalue weighted by Gasteiger charge is 2.34. The summed E-state index contributed by atoms with van der Waals surface area (Å²) in [6, 6.07) is 11.0. The fourth-order valence-corrected chi connectivity index (χ4v) is 4.34. The van der Waals surface area contributed by atoms with Gasteiger partial charge in [-0.05, 0) is 48.6 Å². The van der Waals surface area contributed by atoms with Gasteiger partial charge in [0.25, 0.3) is 11.8 Å². The van der Waals surface area contributed by atoms with Crippen LogP contribution in [0, 0.1) is 0 Å². The normalized spacial score (nSPS) is 13.6. The Hall–Kier alpha value is -2.71. The summed E-state index contributed by atoms with van der Waals surface area (Å²) < 4.78 is 0. The molecule has 0 spiro atoms. The number of benzene rings is 1. The van der Waals surface area contributed by atoms with Gasteiger partial charge in [0.2, 0.25) is 5.16 Å². The van der Waals surface area contributed by atoms with Crippen LogP contribution >= 0.6 is 23.1 Å². The summed E-state index contributed by atoms with van der Waals surface area (Å²) in [5.74, 6) is 1.17. The van der Waals surface area contributed by atoms with Crippen LogP contribution in [0.4, 0.5) is 0 Å². The van der Waals surface area contributed by atoms with Gasteiger partial charge < -0.3 is 0 Å². The molecule has 8 heteroatoms. The highest BCUT2D eigenvalue weighted by atomic mass is 32.2. The van der Waals surface area contributed by atoms with E-state index in [0.717, 1.165) is 24.4 Å². The lowest BCUT2D eigenvalue weighted by Gasteiger charge is -2.13. The van der Waals surface area contributed by atoms with Crippen LogP contribution in [-0.4, -0.2) is 44.2 Å². The number of aromatic amines is 1. The number of H-pyrrole nitrogens is 1. The van der Waals surface area contributed by atoms with Gasteiger partial charge in [-0.25, -0.2) is 4.98 Å². The molecule has 0 saturated carbocycles. The Balaban J connectivity index is 1.21. The molecule has 0 aliphatic carbocycles. The zero-order chi connectivity index (χ0) is 19.3. The molecule has 0 unspecified atom stereocenters. The Labute approximate surface area is 170 Å². The summed E-state index contributed by atoms with van der Waals surface area (Å²) in [6.07, 6.45) is 5.54. The second-order valence-corrected chi connectivity index (χ2v) is 8.26. The van der Waals surface area contributed by atoms with Crippen LogP contribution in [-0.2, 0) is 0 Å². The number of amides is 2. The van der Waals surface area contributed by atoms with Gasteiger partial charge >= 0.3 is 0 Å². The topological polar surface area (TPSA) is 79.0 Å². The number of thiophene rings is 1. The fourth-order valence-electron chi connectivity index (χ4n) is 2.92. The highest BCUT2D eigenvalue weighted by molar-refractivity contribution is 7.99. The zero-order valence-corrected chi connectivity index (χ0v) is 16.6. The van der Waals surface area contributed by atoms with E-state index < -0.39 is 0 Å². The lowest BCUT2D eigenvalue weighted by atomic mass is 10.1. The van der Waals surface area contributed by atoms with Gasteiger partial charge in [-0.2, -0.15) is 0 Å². The minimum Gasteiger partial charge on any atom is -0.274 e. The number of rotatable bonds is 8. The molecular formula is C20H18N4O2S2. The number of carbonyl (C=O) groups is 2. The van der Waals surface area contributed by atoms with Crippen molar-refractivity contribution in [2.24, 2.45) is 0 Å². The maximum atomic E-state index is 12.3. The van der Waals surface area contributed by atoms with E-state index in [9.17, 15) is 9.59 Å². The molecule has 1 aromatic carbocycles. The molecule has 0 bridgehead atoms. The summed E-state index contributed by atoms with van der Waals surface area (Å²) in [4.78, 5) is 31.6. The fraction of sp³-hybridized carbons (Fsp3) is 0.200. The van der Waals surface area contributed by atoms with Crippen molar-refractivity contribution in [3.05, 3.63) is 63.6 Å². The van der Waals surface area contributed by atoms with E-state index in [0.29, 0.717) is 22.8 Å². The van der Waals surface area contributed by atoms with Crippen LogP contribution in [0.1, 0.15) is 44.3 Å². The Morgan fingerprint density at radius 2 is 1.82 bits per heavy atom. The van der Waals surface area contributed by atoms with Gasteiger partial charge in [-0.1, -0.05) is 30.0 Å². The molecule has 0 atom stereocenters. The maximum Gasteiger partial charge on any atom is 0.261 e. The van der Waals surface area contributed by atoms with E-state index in [1.807, 2.05) is 29.7 Å². The van der Waals surface area contributed by atoms with E-state index in [4.69, 9.17) is 0 Å². The van der Waals surface area contributed by atoms with Crippen molar-refractivity contribution < 1.29 is 9.59 Å². The molecule has 2 amide bonds. The van der Waals surface area contributed by atoms with Crippen molar-refractivity contribution in [3.8, 4) is 0 Å². The molecule has 28 heavy (non-hydrogen) atoms.